The Balaban J connectivity index is 0.000000399. The van der Waals surface area contributed by atoms with Crippen molar-refractivity contribution in [3.05, 3.63) is 66.8 Å². The molecular formula is C15H16O3P+. The SMILES string of the molecule is C=CCc1ccc2ccccc2c1C=C.O=[P+](O)O. The van der Waals surface area contributed by atoms with Crippen molar-refractivity contribution in [2.45, 2.75) is 6.42 Å². The zero-order valence-corrected chi connectivity index (χ0v) is 11.4. The van der Waals surface area contributed by atoms with Crippen molar-refractivity contribution in [1.82, 2.24) is 0 Å². The molecule has 2 rings (SSSR count). The first kappa shape index (κ1) is 15.3. The second-order valence-corrected chi connectivity index (χ2v) is 4.31. The zero-order valence-electron chi connectivity index (χ0n) is 10.5. The van der Waals surface area contributed by atoms with E-state index in [1.807, 2.05) is 12.2 Å². The van der Waals surface area contributed by atoms with Gasteiger partial charge < -0.3 is 0 Å². The Labute approximate surface area is 113 Å². The minimum absolute atomic E-state index is 0.895. The molecule has 2 aromatic rings. The first-order chi connectivity index (χ1) is 9.10. The van der Waals surface area contributed by atoms with Crippen molar-refractivity contribution < 1.29 is 14.4 Å². The summed E-state index contributed by atoms with van der Waals surface area (Å²) in [7, 11) is -2.87. The second-order valence-electron chi connectivity index (χ2n) is 3.81. The molecule has 0 amide bonds. The molecule has 0 aliphatic rings. The van der Waals surface area contributed by atoms with Crippen molar-refractivity contribution in [2.24, 2.45) is 0 Å². The molecule has 2 N–H and O–H groups in total. The molecule has 0 bridgehead atoms. The van der Waals surface area contributed by atoms with Crippen LogP contribution in [0, 0.1) is 0 Å². The number of fused-ring (bicyclic) bond motifs is 1. The molecule has 0 aromatic heterocycles. The zero-order chi connectivity index (χ0) is 14.3. The third-order valence-corrected chi connectivity index (χ3v) is 2.63. The summed E-state index contributed by atoms with van der Waals surface area (Å²) in [5.74, 6) is 0. The summed E-state index contributed by atoms with van der Waals surface area (Å²) >= 11 is 0. The van der Waals surface area contributed by atoms with E-state index in [4.69, 9.17) is 14.4 Å². The molecule has 0 heterocycles. The van der Waals surface area contributed by atoms with Gasteiger partial charge in [0.15, 0.2) is 0 Å². The predicted octanol–water partition coefficient (Wildman–Crippen LogP) is 3.84. The number of hydrogen-bond donors (Lipinski definition) is 2. The van der Waals surface area contributed by atoms with Crippen molar-refractivity contribution in [2.75, 3.05) is 0 Å². The Bertz CT molecular complexity index is 601. The summed E-state index contributed by atoms with van der Waals surface area (Å²) in [6, 6.07) is 12.7. The fourth-order valence-corrected chi connectivity index (χ4v) is 1.92. The van der Waals surface area contributed by atoms with Gasteiger partial charge in [0.05, 0.1) is 0 Å². The number of allylic oxidation sites excluding steroid dienone is 1. The molecule has 0 atom stereocenters. The minimum Gasteiger partial charge on any atom is -0.134 e. The first-order valence-electron chi connectivity index (χ1n) is 5.69. The van der Waals surface area contributed by atoms with Gasteiger partial charge >= 0.3 is 8.25 Å². The highest BCUT2D eigenvalue weighted by atomic mass is 31.1. The van der Waals surface area contributed by atoms with Gasteiger partial charge in [-0.2, -0.15) is 0 Å². The van der Waals surface area contributed by atoms with E-state index in [-0.39, 0.29) is 0 Å². The lowest BCUT2D eigenvalue weighted by Gasteiger charge is -2.07. The summed E-state index contributed by atoms with van der Waals surface area (Å²) in [5.41, 5.74) is 2.52. The highest BCUT2D eigenvalue weighted by Gasteiger charge is 2.02. The largest absolute Gasteiger partial charge is 0.692 e. The summed E-state index contributed by atoms with van der Waals surface area (Å²) in [5, 5.41) is 2.53. The maximum Gasteiger partial charge on any atom is 0.692 e. The first-order valence-corrected chi connectivity index (χ1v) is 6.85. The fourth-order valence-electron chi connectivity index (χ4n) is 1.92. The molecule has 19 heavy (non-hydrogen) atoms. The maximum atomic E-state index is 8.70. The molecule has 0 spiro atoms. The van der Waals surface area contributed by atoms with Crippen LogP contribution in [0.15, 0.2) is 55.6 Å². The topological polar surface area (TPSA) is 57.5 Å². The summed E-state index contributed by atoms with van der Waals surface area (Å²) < 4.78 is 8.70. The van der Waals surface area contributed by atoms with Crippen LogP contribution in [0.2, 0.25) is 0 Å². The lowest BCUT2D eigenvalue weighted by molar-refractivity contribution is 0.405. The molecule has 3 nitrogen and oxygen atoms in total. The van der Waals surface area contributed by atoms with Crippen LogP contribution in [0.1, 0.15) is 11.1 Å². The summed E-state index contributed by atoms with van der Waals surface area (Å²) in [4.78, 5) is 14.2. The average molecular weight is 275 g/mol. The van der Waals surface area contributed by atoms with Crippen LogP contribution in [0.3, 0.4) is 0 Å². The Morgan fingerprint density at radius 2 is 1.74 bits per heavy atom. The van der Waals surface area contributed by atoms with E-state index in [0.29, 0.717) is 0 Å². The predicted molar refractivity (Wildman–Crippen MR) is 80.0 cm³/mol. The van der Waals surface area contributed by atoms with Crippen LogP contribution < -0.4 is 0 Å². The molecule has 2 aromatic carbocycles. The molecule has 0 unspecified atom stereocenters. The third-order valence-electron chi connectivity index (χ3n) is 2.63. The normalized spacial score (nSPS) is 9.37. The monoisotopic (exact) mass is 275 g/mol. The van der Waals surface area contributed by atoms with Gasteiger partial charge in [-0.25, -0.2) is 0 Å². The van der Waals surface area contributed by atoms with E-state index >= 15 is 0 Å². The van der Waals surface area contributed by atoms with Gasteiger partial charge in [0, 0.05) is 4.57 Å². The molecule has 0 fully saturated rings. The quantitative estimate of drug-likeness (QED) is 0.661. The highest BCUT2D eigenvalue weighted by molar-refractivity contribution is 7.30. The van der Waals surface area contributed by atoms with Crippen LogP contribution in [-0.2, 0) is 11.0 Å². The van der Waals surface area contributed by atoms with Gasteiger partial charge in [0.2, 0.25) is 0 Å². The smallest absolute Gasteiger partial charge is 0.134 e. The van der Waals surface area contributed by atoms with Crippen LogP contribution in [0.5, 0.6) is 0 Å². The van der Waals surface area contributed by atoms with E-state index < -0.39 is 8.25 Å². The fraction of sp³-hybridized carbons (Fsp3) is 0.0667. The molecule has 98 valence electrons. The van der Waals surface area contributed by atoms with Crippen LogP contribution in [0.25, 0.3) is 16.8 Å². The Hall–Kier alpha value is -1.80. The van der Waals surface area contributed by atoms with Crippen LogP contribution in [-0.4, -0.2) is 9.79 Å². The second kappa shape index (κ2) is 7.59. The Morgan fingerprint density at radius 1 is 1.11 bits per heavy atom. The maximum absolute atomic E-state index is 8.70. The lowest BCUT2D eigenvalue weighted by Crippen LogP contribution is -1.88. The standard InChI is InChI=1S/C15H14.HO3P/c1-3-7-12-10-11-13-8-5-6-9-15(13)14(12)4-2;1-4(2)3/h3-6,8-11H,1-2,7H2;(H-,1,2,3)/p+1. The van der Waals surface area contributed by atoms with Gasteiger partial charge in [-0.15, -0.1) is 16.4 Å². The van der Waals surface area contributed by atoms with Gasteiger partial charge in [0.25, 0.3) is 0 Å². The van der Waals surface area contributed by atoms with E-state index in [0.717, 1.165) is 6.42 Å². The number of rotatable bonds is 3. The highest BCUT2D eigenvalue weighted by Crippen LogP contribution is 2.23. The minimum atomic E-state index is -2.87. The summed E-state index contributed by atoms with van der Waals surface area (Å²) in [6.07, 6.45) is 4.75. The van der Waals surface area contributed by atoms with Gasteiger partial charge in [0.1, 0.15) is 0 Å². The van der Waals surface area contributed by atoms with Crippen molar-refractivity contribution in [1.29, 1.82) is 0 Å². The van der Waals surface area contributed by atoms with Crippen molar-refractivity contribution in [3.8, 4) is 0 Å². The van der Waals surface area contributed by atoms with E-state index in [9.17, 15) is 0 Å². The van der Waals surface area contributed by atoms with Crippen LogP contribution in [0.4, 0.5) is 0 Å². The van der Waals surface area contributed by atoms with Gasteiger partial charge in [-0.05, 0) is 28.3 Å². The van der Waals surface area contributed by atoms with E-state index in [1.165, 1.54) is 21.9 Å². The molecule has 0 aliphatic carbocycles. The lowest BCUT2D eigenvalue weighted by atomic mass is 9.97. The van der Waals surface area contributed by atoms with Gasteiger partial charge in [-0.3, -0.25) is 0 Å². The van der Waals surface area contributed by atoms with Gasteiger partial charge in [-0.1, -0.05) is 55.1 Å². The van der Waals surface area contributed by atoms with E-state index in [2.05, 4.69) is 49.6 Å². The molecule has 0 aliphatic heterocycles. The Morgan fingerprint density at radius 3 is 2.32 bits per heavy atom. The third kappa shape index (κ3) is 4.42. The number of benzene rings is 2. The van der Waals surface area contributed by atoms with Crippen molar-refractivity contribution >= 4 is 25.1 Å². The molecule has 4 heteroatoms. The molecule has 0 saturated carbocycles. The Kier molecular flexibility index (Phi) is 6.10. The molecular weight excluding hydrogens is 259 g/mol. The van der Waals surface area contributed by atoms with E-state index in [1.54, 1.807) is 0 Å². The van der Waals surface area contributed by atoms with Crippen LogP contribution >= 0.6 is 8.25 Å². The molecule has 0 radical (unpaired) electrons. The average Bonchev–Trinajstić information content (AvgIpc) is 2.38. The summed E-state index contributed by atoms with van der Waals surface area (Å²) in [6.45, 7) is 7.67. The molecule has 0 saturated heterocycles. The van der Waals surface area contributed by atoms with Crippen molar-refractivity contribution in [3.63, 3.8) is 0 Å². The number of hydrogen-bond acceptors (Lipinski definition) is 1.